The van der Waals surface area contributed by atoms with E-state index in [9.17, 15) is 19.5 Å². The molecule has 1 spiro atoms. The molecule has 0 aromatic heterocycles. The smallest absolute Gasteiger partial charge is 0.312 e. The third kappa shape index (κ3) is 3.35. The Morgan fingerprint density at radius 3 is 2.79 bits per heavy atom. The second-order valence-electron chi connectivity index (χ2n) is 7.67. The van der Waals surface area contributed by atoms with Crippen LogP contribution < -0.4 is 5.32 Å². The van der Waals surface area contributed by atoms with Crippen LogP contribution in [-0.2, 0) is 23.9 Å². The summed E-state index contributed by atoms with van der Waals surface area (Å²) in [4.78, 5) is 40.4. The number of carbonyl (C=O) groups is 3. The molecule has 3 aliphatic heterocycles. The van der Waals surface area contributed by atoms with Gasteiger partial charge in [0, 0.05) is 24.5 Å². The van der Waals surface area contributed by atoms with Crippen molar-refractivity contribution in [3.05, 3.63) is 0 Å². The number of likely N-dealkylation sites (tertiary alicyclic amines) is 1. The molecule has 2 bridgehead atoms. The minimum absolute atomic E-state index is 0.0858. The predicted octanol–water partition coefficient (Wildman–Crippen LogP) is 0.596. The van der Waals surface area contributed by atoms with E-state index in [4.69, 9.17) is 9.47 Å². The molecule has 0 aliphatic carbocycles. The van der Waals surface area contributed by atoms with Gasteiger partial charge in [0.1, 0.15) is 11.6 Å². The average molecular weight is 461 g/mol. The Morgan fingerprint density at radius 1 is 1.39 bits per heavy atom. The van der Waals surface area contributed by atoms with Gasteiger partial charge in [0.15, 0.2) is 0 Å². The molecule has 3 fully saturated rings. The molecule has 2 amide bonds. The highest BCUT2D eigenvalue weighted by Gasteiger charge is 2.76. The van der Waals surface area contributed by atoms with E-state index in [1.165, 1.54) is 4.90 Å². The van der Waals surface area contributed by atoms with Gasteiger partial charge in [-0.15, -0.1) is 0 Å². The number of halogens is 1. The highest BCUT2D eigenvalue weighted by atomic mass is 79.9. The largest absolute Gasteiger partial charge is 0.466 e. The summed E-state index contributed by atoms with van der Waals surface area (Å²) in [6.45, 7) is 4.67. The number of amides is 2. The number of fused-ring (bicyclic) bond motifs is 1. The molecular weight excluding hydrogens is 432 g/mol. The number of nitrogens with one attached hydrogen (secondary N) is 1. The van der Waals surface area contributed by atoms with Crippen LogP contribution in [0.5, 0.6) is 0 Å². The molecule has 2 N–H and O–H groups in total. The number of esters is 1. The molecule has 6 atom stereocenters. The summed E-state index contributed by atoms with van der Waals surface area (Å²) in [5, 5.41) is 12.2. The number of ether oxygens (including phenoxy) is 2. The quantitative estimate of drug-likeness (QED) is 0.296. The van der Waals surface area contributed by atoms with Gasteiger partial charge < -0.3 is 24.8 Å². The van der Waals surface area contributed by atoms with Crippen molar-refractivity contribution in [2.45, 2.75) is 62.1 Å². The number of rotatable bonds is 9. The number of unbranched alkanes of at least 4 members (excludes halogenated alkanes) is 1. The van der Waals surface area contributed by atoms with E-state index in [2.05, 4.69) is 21.2 Å². The van der Waals surface area contributed by atoms with Gasteiger partial charge in [0.05, 0.1) is 24.5 Å². The van der Waals surface area contributed by atoms with Crippen LogP contribution in [0, 0.1) is 11.8 Å². The van der Waals surface area contributed by atoms with Gasteiger partial charge in [0.2, 0.25) is 11.8 Å². The van der Waals surface area contributed by atoms with Crippen molar-refractivity contribution >= 4 is 33.7 Å². The first kappa shape index (κ1) is 21.5. The number of aliphatic hydroxyl groups excluding tert-OH is 1. The highest BCUT2D eigenvalue weighted by Crippen LogP contribution is 2.60. The van der Waals surface area contributed by atoms with Crippen molar-refractivity contribution in [1.29, 1.82) is 0 Å². The number of hydrogen-bond acceptors (Lipinski definition) is 6. The normalized spacial score (nSPS) is 35.9. The second-order valence-corrected chi connectivity index (χ2v) is 8.85. The minimum Gasteiger partial charge on any atom is -0.466 e. The minimum atomic E-state index is -1.04. The van der Waals surface area contributed by atoms with Gasteiger partial charge in [-0.25, -0.2) is 0 Å². The first-order valence-electron chi connectivity index (χ1n) is 10.1. The van der Waals surface area contributed by atoms with E-state index in [1.54, 1.807) is 6.92 Å². The zero-order chi connectivity index (χ0) is 20.5. The average Bonchev–Trinajstić information content (AvgIpc) is 3.24. The van der Waals surface area contributed by atoms with Crippen LogP contribution >= 0.6 is 15.9 Å². The van der Waals surface area contributed by atoms with E-state index < -0.39 is 35.6 Å². The molecule has 0 saturated carbocycles. The molecular formula is C19H29BrN2O6. The molecule has 3 aliphatic rings. The van der Waals surface area contributed by atoms with E-state index in [1.807, 2.05) is 6.92 Å². The van der Waals surface area contributed by atoms with E-state index in [-0.39, 0.29) is 36.4 Å². The van der Waals surface area contributed by atoms with Crippen LogP contribution in [0.3, 0.4) is 0 Å². The van der Waals surface area contributed by atoms with E-state index >= 15 is 0 Å². The molecule has 3 rings (SSSR count). The summed E-state index contributed by atoms with van der Waals surface area (Å²) < 4.78 is 11.5. The number of aliphatic hydroxyl groups is 1. The predicted molar refractivity (Wildman–Crippen MR) is 104 cm³/mol. The Morgan fingerprint density at radius 2 is 2.14 bits per heavy atom. The lowest BCUT2D eigenvalue weighted by molar-refractivity contribution is -0.154. The Balaban J connectivity index is 1.94. The Bertz CT molecular complexity index is 632. The lowest BCUT2D eigenvalue weighted by Crippen LogP contribution is -2.56. The first-order chi connectivity index (χ1) is 13.4. The highest BCUT2D eigenvalue weighted by molar-refractivity contribution is 9.09. The third-order valence-corrected chi connectivity index (χ3v) is 6.83. The maximum absolute atomic E-state index is 13.3. The fourth-order valence-electron chi connectivity index (χ4n) is 4.90. The van der Waals surface area contributed by atoms with Gasteiger partial charge in [-0.2, -0.15) is 0 Å². The lowest BCUT2D eigenvalue weighted by atomic mass is 9.70. The zero-order valence-corrected chi connectivity index (χ0v) is 17.9. The van der Waals surface area contributed by atoms with Crippen molar-refractivity contribution in [1.82, 2.24) is 10.2 Å². The Kier molecular flexibility index (Phi) is 6.66. The maximum atomic E-state index is 13.3. The molecule has 3 heterocycles. The van der Waals surface area contributed by atoms with Crippen molar-refractivity contribution < 1.29 is 29.0 Å². The van der Waals surface area contributed by atoms with Crippen molar-refractivity contribution in [3.8, 4) is 0 Å². The van der Waals surface area contributed by atoms with Crippen molar-refractivity contribution in [2.75, 3.05) is 26.3 Å². The summed E-state index contributed by atoms with van der Waals surface area (Å²) in [6.07, 6.45) is 2.14. The summed E-state index contributed by atoms with van der Waals surface area (Å²) in [5.74, 6) is -2.43. The Labute approximate surface area is 173 Å². The molecule has 0 aromatic carbocycles. The van der Waals surface area contributed by atoms with Crippen LogP contribution in [0.1, 0.15) is 39.5 Å². The molecule has 9 heteroatoms. The fraction of sp³-hybridized carbons (Fsp3) is 0.842. The molecule has 28 heavy (non-hydrogen) atoms. The standard InChI is InChI=1S/C19H29BrN2O6/c1-3-5-7-21-16(24)15-19-10-11(20)14(28-19)12(18(26)27-4-2)13(19)17(25)22(15)8-6-9-23/h11-15,23H,3-10H2,1-2H3,(H,21,24)/t11?,12-,13-,14-,15?,19?/m0/s1. The second kappa shape index (κ2) is 8.67. The number of nitrogens with zero attached hydrogens (tertiary/aromatic N) is 1. The number of alkyl halides is 1. The van der Waals surface area contributed by atoms with Gasteiger partial charge in [-0.05, 0) is 26.2 Å². The fourth-order valence-corrected chi connectivity index (χ4v) is 5.85. The maximum Gasteiger partial charge on any atom is 0.312 e. The van der Waals surface area contributed by atoms with Gasteiger partial charge in [-0.3, -0.25) is 14.4 Å². The molecule has 3 unspecified atom stereocenters. The topological polar surface area (TPSA) is 105 Å². The van der Waals surface area contributed by atoms with Gasteiger partial charge in [0.25, 0.3) is 0 Å². The molecule has 8 nitrogen and oxygen atoms in total. The molecule has 158 valence electrons. The van der Waals surface area contributed by atoms with E-state index in [0.29, 0.717) is 19.4 Å². The zero-order valence-electron chi connectivity index (χ0n) is 16.4. The van der Waals surface area contributed by atoms with Crippen LogP contribution in [0.4, 0.5) is 0 Å². The first-order valence-corrected chi connectivity index (χ1v) is 11.0. The third-order valence-electron chi connectivity index (χ3n) is 5.98. The van der Waals surface area contributed by atoms with Gasteiger partial charge in [-0.1, -0.05) is 29.3 Å². The molecule has 0 radical (unpaired) electrons. The van der Waals surface area contributed by atoms with Crippen LogP contribution in [0.25, 0.3) is 0 Å². The van der Waals surface area contributed by atoms with Crippen molar-refractivity contribution in [3.63, 3.8) is 0 Å². The van der Waals surface area contributed by atoms with E-state index in [0.717, 1.165) is 12.8 Å². The summed E-state index contributed by atoms with van der Waals surface area (Å²) >= 11 is 3.59. The molecule has 3 saturated heterocycles. The van der Waals surface area contributed by atoms with Crippen LogP contribution in [0.2, 0.25) is 0 Å². The summed E-state index contributed by atoms with van der Waals surface area (Å²) in [7, 11) is 0. The van der Waals surface area contributed by atoms with Crippen LogP contribution in [-0.4, -0.2) is 76.7 Å². The molecule has 0 aromatic rings. The lowest BCUT2D eigenvalue weighted by Gasteiger charge is -2.34. The summed E-state index contributed by atoms with van der Waals surface area (Å²) in [6, 6.07) is -0.808. The van der Waals surface area contributed by atoms with Crippen molar-refractivity contribution in [2.24, 2.45) is 11.8 Å². The number of hydrogen-bond donors (Lipinski definition) is 2. The SMILES string of the molecule is CCCCNC(=O)C1N(CCCO)C(=O)[C@@H]2[C@H](C(=O)OCC)[C@H]3OC12CC3Br. The van der Waals surface area contributed by atoms with Crippen LogP contribution in [0.15, 0.2) is 0 Å². The Hall–Kier alpha value is -1.19. The number of carbonyl (C=O) groups excluding carboxylic acids is 3. The van der Waals surface area contributed by atoms with Gasteiger partial charge >= 0.3 is 5.97 Å². The monoisotopic (exact) mass is 460 g/mol. The summed E-state index contributed by atoms with van der Waals surface area (Å²) in [5.41, 5.74) is -1.04.